The van der Waals surface area contributed by atoms with Gasteiger partial charge in [0.25, 0.3) is 0 Å². The van der Waals surface area contributed by atoms with Gasteiger partial charge in [-0.3, -0.25) is 0 Å². The van der Waals surface area contributed by atoms with Gasteiger partial charge >= 0.3 is 0 Å². The molecule has 1 saturated heterocycles. The molecule has 1 aromatic carbocycles. The largest absolute Gasteiger partial charge is 0.334 e. The fourth-order valence-electron chi connectivity index (χ4n) is 3.12. The second kappa shape index (κ2) is 6.23. The van der Waals surface area contributed by atoms with Crippen LogP contribution < -0.4 is 5.32 Å². The fourth-order valence-corrected chi connectivity index (χ4v) is 3.12. The van der Waals surface area contributed by atoms with Crippen molar-refractivity contribution in [2.75, 3.05) is 13.1 Å². The van der Waals surface area contributed by atoms with Gasteiger partial charge in [-0.15, -0.1) is 0 Å². The standard InChI is InChI=1S/C17H23N3/c1-14(15-5-3-2-4-6-15)12-20-13-19-11-17(20)16-7-9-18-10-8-16/h2-6,11,13-14,16,18H,7-10,12H2,1H3. The first-order valence-electron chi connectivity index (χ1n) is 7.60. The summed E-state index contributed by atoms with van der Waals surface area (Å²) in [7, 11) is 0. The summed E-state index contributed by atoms with van der Waals surface area (Å²) in [5.41, 5.74) is 2.81. The lowest BCUT2D eigenvalue weighted by Crippen LogP contribution is -2.27. The minimum atomic E-state index is 0.519. The monoisotopic (exact) mass is 269 g/mol. The molecule has 0 radical (unpaired) electrons. The van der Waals surface area contributed by atoms with Crippen molar-refractivity contribution in [2.45, 2.75) is 38.1 Å². The van der Waals surface area contributed by atoms with E-state index in [1.807, 2.05) is 6.33 Å². The van der Waals surface area contributed by atoms with Crippen LogP contribution in [0.4, 0.5) is 0 Å². The number of imidazole rings is 1. The molecule has 1 atom stereocenters. The quantitative estimate of drug-likeness (QED) is 0.924. The summed E-state index contributed by atoms with van der Waals surface area (Å²) < 4.78 is 2.35. The van der Waals surface area contributed by atoms with E-state index in [1.165, 1.54) is 24.1 Å². The summed E-state index contributed by atoms with van der Waals surface area (Å²) in [6, 6.07) is 10.7. The van der Waals surface area contributed by atoms with Crippen molar-refractivity contribution in [3.05, 3.63) is 54.1 Å². The van der Waals surface area contributed by atoms with Crippen LogP contribution in [0.5, 0.6) is 0 Å². The van der Waals surface area contributed by atoms with Crippen LogP contribution in [-0.4, -0.2) is 22.6 Å². The van der Waals surface area contributed by atoms with Crippen molar-refractivity contribution in [1.29, 1.82) is 0 Å². The maximum atomic E-state index is 4.39. The third-order valence-corrected chi connectivity index (χ3v) is 4.34. The van der Waals surface area contributed by atoms with Crippen LogP contribution in [0, 0.1) is 0 Å². The van der Waals surface area contributed by atoms with Gasteiger partial charge in [0.1, 0.15) is 0 Å². The van der Waals surface area contributed by atoms with Crippen molar-refractivity contribution in [2.24, 2.45) is 0 Å². The number of aromatic nitrogens is 2. The minimum Gasteiger partial charge on any atom is -0.334 e. The van der Waals surface area contributed by atoms with Gasteiger partial charge in [0.05, 0.1) is 6.33 Å². The summed E-state index contributed by atoms with van der Waals surface area (Å²) in [4.78, 5) is 4.39. The average molecular weight is 269 g/mol. The molecule has 106 valence electrons. The summed E-state index contributed by atoms with van der Waals surface area (Å²) >= 11 is 0. The molecule has 20 heavy (non-hydrogen) atoms. The van der Waals surface area contributed by atoms with E-state index in [-0.39, 0.29) is 0 Å². The Kier molecular flexibility index (Phi) is 4.16. The van der Waals surface area contributed by atoms with Gasteiger partial charge in [-0.2, -0.15) is 0 Å². The fraction of sp³-hybridized carbons (Fsp3) is 0.471. The van der Waals surface area contributed by atoms with Crippen LogP contribution in [-0.2, 0) is 6.54 Å². The molecule has 0 amide bonds. The first kappa shape index (κ1) is 13.4. The molecule has 0 saturated carbocycles. The van der Waals surface area contributed by atoms with Crippen molar-refractivity contribution in [3.63, 3.8) is 0 Å². The third-order valence-electron chi connectivity index (χ3n) is 4.34. The van der Waals surface area contributed by atoms with Gasteiger partial charge in [0.15, 0.2) is 0 Å². The van der Waals surface area contributed by atoms with Crippen LogP contribution in [0.2, 0.25) is 0 Å². The maximum absolute atomic E-state index is 4.39. The van der Waals surface area contributed by atoms with Gasteiger partial charge in [0, 0.05) is 24.4 Å². The topological polar surface area (TPSA) is 29.9 Å². The van der Waals surface area contributed by atoms with Crippen molar-refractivity contribution in [3.8, 4) is 0 Å². The first-order valence-corrected chi connectivity index (χ1v) is 7.60. The van der Waals surface area contributed by atoms with Crippen LogP contribution in [0.1, 0.15) is 42.9 Å². The molecular formula is C17H23N3. The zero-order valence-electron chi connectivity index (χ0n) is 12.1. The molecule has 2 heterocycles. The van der Waals surface area contributed by atoms with Gasteiger partial charge in [-0.1, -0.05) is 37.3 Å². The normalized spacial score (nSPS) is 18.1. The highest BCUT2D eigenvalue weighted by atomic mass is 15.1. The lowest BCUT2D eigenvalue weighted by Gasteiger charge is -2.24. The second-order valence-electron chi connectivity index (χ2n) is 5.81. The number of piperidine rings is 1. The van der Waals surface area contributed by atoms with Crippen LogP contribution >= 0.6 is 0 Å². The SMILES string of the molecule is CC(Cn1cncc1C1CCNCC1)c1ccccc1. The molecule has 0 spiro atoms. The maximum Gasteiger partial charge on any atom is 0.0948 e. The van der Waals surface area contributed by atoms with E-state index in [1.54, 1.807) is 0 Å². The van der Waals surface area contributed by atoms with E-state index in [0.717, 1.165) is 19.6 Å². The molecular weight excluding hydrogens is 246 g/mol. The Bertz CT molecular complexity index is 526. The molecule has 1 fully saturated rings. The molecule has 3 nitrogen and oxygen atoms in total. The van der Waals surface area contributed by atoms with Gasteiger partial charge in [-0.05, 0) is 37.4 Å². The van der Waals surface area contributed by atoms with Gasteiger partial charge < -0.3 is 9.88 Å². The van der Waals surface area contributed by atoms with E-state index in [2.05, 4.69) is 58.3 Å². The predicted octanol–water partition coefficient (Wildman–Crippen LogP) is 3.15. The van der Waals surface area contributed by atoms with E-state index in [4.69, 9.17) is 0 Å². The molecule has 1 unspecified atom stereocenters. The first-order chi connectivity index (χ1) is 9.84. The minimum absolute atomic E-state index is 0.519. The average Bonchev–Trinajstić information content (AvgIpc) is 2.97. The Hall–Kier alpha value is -1.61. The van der Waals surface area contributed by atoms with E-state index >= 15 is 0 Å². The van der Waals surface area contributed by atoms with Crippen molar-refractivity contribution < 1.29 is 0 Å². The van der Waals surface area contributed by atoms with Crippen LogP contribution in [0.25, 0.3) is 0 Å². The molecule has 1 aliphatic rings. The summed E-state index contributed by atoms with van der Waals surface area (Å²) in [6.45, 7) is 5.57. The number of nitrogens with zero attached hydrogens (tertiary/aromatic N) is 2. The predicted molar refractivity (Wildman–Crippen MR) is 81.9 cm³/mol. The zero-order valence-corrected chi connectivity index (χ0v) is 12.1. The Morgan fingerprint density at radius 3 is 2.75 bits per heavy atom. The van der Waals surface area contributed by atoms with E-state index in [0.29, 0.717) is 11.8 Å². The lowest BCUT2D eigenvalue weighted by atomic mass is 9.94. The highest BCUT2D eigenvalue weighted by Crippen LogP contribution is 2.26. The highest BCUT2D eigenvalue weighted by molar-refractivity contribution is 5.19. The molecule has 2 aromatic rings. The molecule has 1 aromatic heterocycles. The highest BCUT2D eigenvalue weighted by Gasteiger charge is 2.19. The zero-order chi connectivity index (χ0) is 13.8. The van der Waals surface area contributed by atoms with Gasteiger partial charge in [-0.25, -0.2) is 4.98 Å². The number of rotatable bonds is 4. The summed E-state index contributed by atoms with van der Waals surface area (Å²) in [5, 5.41) is 3.43. The Morgan fingerprint density at radius 1 is 1.25 bits per heavy atom. The smallest absolute Gasteiger partial charge is 0.0948 e. The second-order valence-corrected chi connectivity index (χ2v) is 5.81. The van der Waals surface area contributed by atoms with E-state index in [9.17, 15) is 0 Å². The number of benzene rings is 1. The number of hydrogen-bond donors (Lipinski definition) is 1. The van der Waals surface area contributed by atoms with Gasteiger partial charge in [0.2, 0.25) is 0 Å². The number of nitrogens with one attached hydrogen (secondary N) is 1. The molecule has 0 bridgehead atoms. The molecule has 3 rings (SSSR count). The Morgan fingerprint density at radius 2 is 2.00 bits per heavy atom. The number of hydrogen-bond acceptors (Lipinski definition) is 2. The van der Waals surface area contributed by atoms with Crippen molar-refractivity contribution >= 4 is 0 Å². The molecule has 1 N–H and O–H groups in total. The van der Waals surface area contributed by atoms with E-state index < -0.39 is 0 Å². The van der Waals surface area contributed by atoms with Crippen molar-refractivity contribution in [1.82, 2.24) is 14.9 Å². The third kappa shape index (κ3) is 2.93. The molecule has 0 aliphatic carbocycles. The molecule has 1 aliphatic heterocycles. The van der Waals surface area contributed by atoms with Crippen LogP contribution in [0.15, 0.2) is 42.9 Å². The molecule has 3 heteroatoms. The lowest BCUT2D eigenvalue weighted by molar-refractivity contribution is 0.433. The summed E-state index contributed by atoms with van der Waals surface area (Å²) in [5.74, 6) is 1.19. The Balaban J connectivity index is 1.73. The Labute approximate surface area is 121 Å². The van der Waals surface area contributed by atoms with Crippen LogP contribution in [0.3, 0.4) is 0 Å². The summed E-state index contributed by atoms with van der Waals surface area (Å²) in [6.07, 6.45) is 6.52.